The van der Waals surface area contributed by atoms with Gasteiger partial charge in [-0.05, 0) is 11.1 Å². The molecule has 0 fully saturated rings. The molecule has 0 aliphatic rings. The third kappa shape index (κ3) is 2.23. The van der Waals surface area contributed by atoms with E-state index in [1.54, 1.807) is 0 Å². The SMILES string of the molecule is C=C(CC(=O)[O-])c1ccccc1. The standard InChI is InChI=1S/C10H10O2/c1-8(7-10(11)12)9-5-3-2-4-6-9/h2-6H,1,7H2,(H,11,12)/p-1. The van der Waals surface area contributed by atoms with Crippen molar-refractivity contribution >= 4 is 11.5 Å². The van der Waals surface area contributed by atoms with E-state index in [-0.39, 0.29) is 6.42 Å². The number of rotatable bonds is 3. The zero-order valence-corrected chi connectivity index (χ0v) is 6.62. The molecule has 1 aromatic rings. The first-order valence-electron chi connectivity index (χ1n) is 3.63. The number of aliphatic carboxylic acids is 1. The molecule has 62 valence electrons. The molecule has 0 saturated heterocycles. The quantitative estimate of drug-likeness (QED) is 0.659. The minimum Gasteiger partial charge on any atom is -0.550 e. The minimum atomic E-state index is -1.09. The Morgan fingerprint density at radius 2 is 1.92 bits per heavy atom. The fraction of sp³-hybridized carbons (Fsp3) is 0.100. The molecule has 0 amide bonds. The van der Waals surface area contributed by atoms with Gasteiger partial charge in [0.1, 0.15) is 0 Å². The van der Waals surface area contributed by atoms with Gasteiger partial charge in [-0.3, -0.25) is 0 Å². The van der Waals surface area contributed by atoms with Crippen LogP contribution in [0.4, 0.5) is 0 Å². The molecule has 0 spiro atoms. The molecule has 12 heavy (non-hydrogen) atoms. The predicted molar refractivity (Wildman–Crippen MR) is 45.1 cm³/mol. The summed E-state index contributed by atoms with van der Waals surface area (Å²) in [5.41, 5.74) is 1.43. The maximum absolute atomic E-state index is 10.2. The first-order valence-corrected chi connectivity index (χ1v) is 3.63. The van der Waals surface area contributed by atoms with Crippen molar-refractivity contribution < 1.29 is 9.90 Å². The Labute approximate surface area is 71.2 Å². The second-order valence-corrected chi connectivity index (χ2v) is 2.52. The lowest BCUT2D eigenvalue weighted by atomic mass is 10.1. The van der Waals surface area contributed by atoms with Gasteiger partial charge in [-0.1, -0.05) is 36.9 Å². The smallest absolute Gasteiger partial charge is 0.0458 e. The van der Waals surface area contributed by atoms with E-state index in [2.05, 4.69) is 6.58 Å². The molecule has 2 nitrogen and oxygen atoms in total. The Morgan fingerprint density at radius 3 is 2.42 bits per heavy atom. The Bertz CT molecular complexity index is 288. The monoisotopic (exact) mass is 161 g/mol. The molecule has 0 unspecified atom stereocenters. The van der Waals surface area contributed by atoms with Gasteiger partial charge in [0.15, 0.2) is 0 Å². The average Bonchev–Trinajstić information content (AvgIpc) is 2.05. The summed E-state index contributed by atoms with van der Waals surface area (Å²) in [6, 6.07) is 9.21. The maximum Gasteiger partial charge on any atom is 0.0458 e. The van der Waals surface area contributed by atoms with Gasteiger partial charge in [-0.2, -0.15) is 0 Å². The van der Waals surface area contributed by atoms with Crippen molar-refractivity contribution in [2.75, 3.05) is 0 Å². The molecule has 0 radical (unpaired) electrons. The average molecular weight is 161 g/mol. The van der Waals surface area contributed by atoms with Crippen molar-refractivity contribution in [3.63, 3.8) is 0 Å². The maximum atomic E-state index is 10.2. The van der Waals surface area contributed by atoms with E-state index >= 15 is 0 Å². The number of hydrogen-bond acceptors (Lipinski definition) is 2. The van der Waals surface area contributed by atoms with Gasteiger partial charge in [0, 0.05) is 12.4 Å². The summed E-state index contributed by atoms with van der Waals surface area (Å²) in [6.07, 6.45) is -0.107. The molecule has 1 rings (SSSR count). The van der Waals surface area contributed by atoms with Crippen LogP contribution in [-0.4, -0.2) is 5.97 Å². The summed E-state index contributed by atoms with van der Waals surface area (Å²) in [4.78, 5) is 10.2. The fourth-order valence-corrected chi connectivity index (χ4v) is 0.950. The summed E-state index contributed by atoms with van der Waals surface area (Å²) in [6.45, 7) is 3.64. The number of carbonyl (C=O) groups excluding carboxylic acids is 1. The summed E-state index contributed by atoms with van der Waals surface area (Å²) in [5.74, 6) is -1.09. The van der Waals surface area contributed by atoms with E-state index in [1.165, 1.54) is 0 Å². The van der Waals surface area contributed by atoms with E-state index in [9.17, 15) is 9.90 Å². The lowest BCUT2D eigenvalue weighted by Crippen LogP contribution is -2.21. The second-order valence-electron chi connectivity index (χ2n) is 2.52. The highest BCUT2D eigenvalue weighted by Gasteiger charge is 1.96. The third-order valence-electron chi connectivity index (χ3n) is 1.54. The van der Waals surface area contributed by atoms with Crippen LogP contribution in [0.15, 0.2) is 36.9 Å². The van der Waals surface area contributed by atoms with Gasteiger partial charge in [0.25, 0.3) is 0 Å². The lowest BCUT2D eigenvalue weighted by molar-refractivity contribution is -0.304. The third-order valence-corrected chi connectivity index (χ3v) is 1.54. The van der Waals surface area contributed by atoms with E-state index in [0.29, 0.717) is 5.57 Å². The molecule has 2 heteroatoms. The van der Waals surface area contributed by atoms with Crippen molar-refractivity contribution in [1.29, 1.82) is 0 Å². The molecule has 0 bridgehead atoms. The number of carboxylic acids is 1. The summed E-state index contributed by atoms with van der Waals surface area (Å²) in [5, 5.41) is 10.2. The van der Waals surface area contributed by atoms with Crippen LogP contribution in [0, 0.1) is 0 Å². The Kier molecular flexibility index (Phi) is 2.64. The van der Waals surface area contributed by atoms with Crippen molar-refractivity contribution in [3.05, 3.63) is 42.5 Å². The van der Waals surface area contributed by atoms with Crippen LogP contribution in [0.25, 0.3) is 5.57 Å². The van der Waals surface area contributed by atoms with Gasteiger partial charge in [-0.15, -0.1) is 0 Å². The molecule has 0 aliphatic carbocycles. The number of carboxylic acid groups (broad SMARTS) is 1. The van der Waals surface area contributed by atoms with Crippen LogP contribution >= 0.6 is 0 Å². The highest BCUT2D eigenvalue weighted by Crippen LogP contribution is 2.14. The summed E-state index contributed by atoms with van der Waals surface area (Å²) >= 11 is 0. The first-order chi connectivity index (χ1) is 5.70. The predicted octanol–water partition coefficient (Wildman–Crippen LogP) is 0.840. The summed E-state index contributed by atoms with van der Waals surface area (Å²) < 4.78 is 0. The van der Waals surface area contributed by atoms with Crippen molar-refractivity contribution in [1.82, 2.24) is 0 Å². The Balaban J connectivity index is 2.73. The molecule has 0 saturated carbocycles. The number of benzene rings is 1. The van der Waals surface area contributed by atoms with Crippen LogP contribution in [0.2, 0.25) is 0 Å². The topological polar surface area (TPSA) is 40.1 Å². The molecule has 0 aromatic heterocycles. The van der Waals surface area contributed by atoms with Crippen LogP contribution < -0.4 is 5.11 Å². The molecular formula is C10H9O2-. The zero-order valence-electron chi connectivity index (χ0n) is 6.62. The van der Waals surface area contributed by atoms with Crippen molar-refractivity contribution in [2.24, 2.45) is 0 Å². The lowest BCUT2D eigenvalue weighted by Gasteiger charge is -2.05. The van der Waals surface area contributed by atoms with Gasteiger partial charge in [0.05, 0.1) is 0 Å². The molecule has 0 heterocycles. The number of hydrogen-bond donors (Lipinski definition) is 0. The molecular weight excluding hydrogens is 152 g/mol. The number of carbonyl (C=O) groups is 1. The van der Waals surface area contributed by atoms with Gasteiger partial charge < -0.3 is 9.90 Å². The highest BCUT2D eigenvalue weighted by molar-refractivity contribution is 5.81. The van der Waals surface area contributed by atoms with Crippen molar-refractivity contribution in [2.45, 2.75) is 6.42 Å². The van der Waals surface area contributed by atoms with Gasteiger partial charge in [0.2, 0.25) is 0 Å². The van der Waals surface area contributed by atoms with Crippen molar-refractivity contribution in [3.8, 4) is 0 Å². The first kappa shape index (κ1) is 8.53. The van der Waals surface area contributed by atoms with E-state index in [1.807, 2.05) is 30.3 Å². The van der Waals surface area contributed by atoms with Crippen LogP contribution in [0.3, 0.4) is 0 Å². The van der Waals surface area contributed by atoms with Crippen LogP contribution in [0.5, 0.6) is 0 Å². The highest BCUT2D eigenvalue weighted by atomic mass is 16.4. The molecule has 1 aromatic carbocycles. The summed E-state index contributed by atoms with van der Waals surface area (Å²) in [7, 11) is 0. The Hall–Kier alpha value is -1.57. The largest absolute Gasteiger partial charge is 0.550 e. The van der Waals surface area contributed by atoms with E-state index in [0.717, 1.165) is 5.56 Å². The van der Waals surface area contributed by atoms with Gasteiger partial charge in [-0.25, -0.2) is 0 Å². The molecule has 0 N–H and O–H groups in total. The zero-order chi connectivity index (χ0) is 8.97. The van der Waals surface area contributed by atoms with Crippen LogP contribution in [0.1, 0.15) is 12.0 Å². The Morgan fingerprint density at radius 1 is 1.33 bits per heavy atom. The fourth-order valence-electron chi connectivity index (χ4n) is 0.950. The second kappa shape index (κ2) is 3.72. The van der Waals surface area contributed by atoms with Gasteiger partial charge >= 0.3 is 0 Å². The molecule has 0 atom stereocenters. The normalized spacial score (nSPS) is 9.33. The minimum absolute atomic E-state index is 0.107. The van der Waals surface area contributed by atoms with Crippen LogP contribution in [-0.2, 0) is 4.79 Å². The van der Waals surface area contributed by atoms with E-state index in [4.69, 9.17) is 0 Å². The van der Waals surface area contributed by atoms with E-state index < -0.39 is 5.97 Å². The molecule has 0 aliphatic heterocycles.